The molecule has 0 saturated heterocycles. The van der Waals surface area contributed by atoms with E-state index in [1.807, 2.05) is 37.5 Å². The van der Waals surface area contributed by atoms with Crippen LogP contribution in [0.5, 0.6) is 0 Å². The lowest BCUT2D eigenvalue weighted by Crippen LogP contribution is -2.27. The first-order chi connectivity index (χ1) is 9.97. The molecule has 4 heteroatoms. The van der Waals surface area contributed by atoms with E-state index in [1.165, 1.54) is 0 Å². The minimum Gasteiger partial charge on any atom is -0.399 e. The molecular weight excluding hydrogens is 262 g/mol. The van der Waals surface area contributed by atoms with Gasteiger partial charge >= 0.3 is 0 Å². The van der Waals surface area contributed by atoms with Crippen molar-refractivity contribution in [3.8, 4) is 0 Å². The lowest BCUT2D eigenvalue weighted by Gasteiger charge is -2.17. The van der Waals surface area contributed by atoms with Gasteiger partial charge in [0.2, 0.25) is 0 Å². The second-order valence-corrected chi connectivity index (χ2v) is 5.29. The van der Waals surface area contributed by atoms with Gasteiger partial charge in [0.1, 0.15) is 0 Å². The van der Waals surface area contributed by atoms with Gasteiger partial charge in [-0.25, -0.2) is 0 Å². The minimum absolute atomic E-state index is 0.0759. The third-order valence-electron chi connectivity index (χ3n) is 3.35. The molecule has 1 aromatic rings. The third-order valence-corrected chi connectivity index (χ3v) is 3.35. The average molecular weight is 283 g/mol. The highest BCUT2D eigenvalue weighted by atomic mass is 16.1. The summed E-state index contributed by atoms with van der Waals surface area (Å²) in [4.78, 5) is 14.4. The number of likely N-dealkylation sites (N-methyl/N-ethyl adjacent to an activating group) is 1. The Morgan fingerprint density at radius 2 is 2.00 bits per heavy atom. The molecule has 0 radical (unpaired) electrons. The predicted octanol–water partition coefficient (Wildman–Crippen LogP) is 1.95. The van der Waals surface area contributed by atoms with Crippen LogP contribution in [-0.2, 0) is 4.79 Å². The number of carbonyl (C=O) groups excluding carboxylic acids is 1. The van der Waals surface area contributed by atoms with Crippen LogP contribution in [0, 0.1) is 0 Å². The number of anilines is 1. The summed E-state index contributed by atoms with van der Waals surface area (Å²) in [5.74, 6) is -0.0759. The topological polar surface area (TPSA) is 72.4 Å². The van der Waals surface area contributed by atoms with E-state index in [0.717, 1.165) is 17.7 Å². The van der Waals surface area contributed by atoms with Crippen LogP contribution < -0.4 is 11.5 Å². The predicted molar refractivity (Wildman–Crippen MR) is 87.3 cm³/mol. The summed E-state index contributed by atoms with van der Waals surface area (Å²) in [5.41, 5.74) is 14.6. The number of carbonyl (C=O) groups is 1. The fraction of sp³-hybridized carbons (Fsp3) is 0.235. The maximum Gasteiger partial charge on any atom is 0.179 e. The zero-order chi connectivity index (χ0) is 15.4. The number of nitrogens with two attached hydrogens (primary N) is 2. The zero-order valence-electron chi connectivity index (χ0n) is 12.4. The molecule has 1 aromatic carbocycles. The molecule has 4 N–H and O–H groups in total. The largest absolute Gasteiger partial charge is 0.399 e. The maximum absolute atomic E-state index is 12.4. The van der Waals surface area contributed by atoms with Crippen LogP contribution in [0.3, 0.4) is 0 Å². The smallest absolute Gasteiger partial charge is 0.179 e. The summed E-state index contributed by atoms with van der Waals surface area (Å²) in [6.45, 7) is 2.52. The Labute approximate surface area is 125 Å². The van der Waals surface area contributed by atoms with E-state index in [4.69, 9.17) is 11.5 Å². The number of ketones is 1. The Hall–Kier alpha value is -2.33. The van der Waals surface area contributed by atoms with Crippen LogP contribution in [0.15, 0.2) is 54.3 Å². The lowest BCUT2D eigenvalue weighted by atomic mass is 9.95. The van der Waals surface area contributed by atoms with Crippen LogP contribution in [-0.4, -0.2) is 30.3 Å². The highest BCUT2D eigenvalue weighted by molar-refractivity contribution is 6.23. The Balaban J connectivity index is 2.39. The van der Waals surface area contributed by atoms with Crippen molar-refractivity contribution in [1.82, 2.24) is 4.90 Å². The van der Waals surface area contributed by atoms with Gasteiger partial charge in [0.15, 0.2) is 5.78 Å². The molecule has 0 fully saturated rings. The molecule has 0 saturated carbocycles. The fourth-order valence-electron chi connectivity index (χ4n) is 2.07. The first-order valence-corrected chi connectivity index (χ1v) is 6.93. The molecule has 110 valence electrons. The molecule has 0 aromatic heterocycles. The molecule has 21 heavy (non-hydrogen) atoms. The van der Waals surface area contributed by atoms with E-state index >= 15 is 0 Å². The Morgan fingerprint density at radius 1 is 1.33 bits per heavy atom. The van der Waals surface area contributed by atoms with Crippen molar-refractivity contribution in [2.45, 2.75) is 13.0 Å². The first kappa shape index (κ1) is 15.1. The average Bonchev–Trinajstić information content (AvgIpc) is 2.47. The summed E-state index contributed by atoms with van der Waals surface area (Å²) < 4.78 is 0. The van der Waals surface area contributed by atoms with Gasteiger partial charge in [0, 0.05) is 24.9 Å². The van der Waals surface area contributed by atoms with E-state index in [0.29, 0.717) is 11.3 Å². The molecule has 0 bridgehead atoms. The summed E-state index contributed by atoms with van der Waals surface area (Å²) >= 11 is 0. The SMILES string of the molecule is C[C@H](N)C(=O)C(=CC1=CCN(C)C=C1)c1ccc(N)cc1. The molecule has 0 aliphatic carbocycles. The second kappa shape index (κ2) is 6.41. The molecule has 0 unspecified atom stereocenters. The van der Waals surface area contributed by atoms with Crippen molar-refractivity contribution >= 4 is 17.0 Å². The van der Waals surface area contributed by atoms with Gasteiger partial charge in [-0.15, -0.1) is 0 Å². The quantitative estimate of drug-likeness (QED) is 0.654. The van der Waals surface area contributed by atoms with E-state index < -0.39 is 6.04 Å². The van der Waals surface area contributed by atoms with Crippen molar-refractivity contribution in [2.75, 3.05) is 19.3 Å². The van der Waals surface area contributed by atoms with Gasteiger partial charge < -0.3 is 16.4 Å². The standard InChI is InChI=1S/C17H21N3O/c1-12(18)17(21)16(14-3-5-15(19)6-4-14)11-13-7-9-20(2)10-8-13/h3-9,11-12H,10,18-19H2,1-2H3/t12-/m0/s1. The van der Waals surface area contributed by atoms with Crippen molar-refractivity contribution in [1.29, 1.82) is 0 Å². The van der Waals surface area contributed by atoms with Crippen LogP contribution in [0.4, 0.5) is 5.69 Å². The molecular formula is C17H21N3O. The lowest BCUT2D eigenvalue weighted by molar-refractivity contribution is -0.114. The molecule has 0 spiro atoms. The van der Waals surface area contributed by atoms with Crippen LogP contribution >= 0.6 is 0 Å². The number of rotatable bonds is 4. The number of nitrogen functional groups attached to an aromatic ring is 1. The maximum atomic E-state index is 12.4. The van der Waals surface area contributed by atoms with Crippen molar-refractivity contribution in [3.05, 3.63) is 59.8 Å². The highest BCUT2D eigenvalue weighted by Gasteiger charge is 2.16. The monoisotopic (exact) mass is 283 g/mol. The van der Waals surface area contributed by atoms with E-state index in [2.05, 4.69) is 11.0 Å². The number of nitrogens with zero attached hydrogens (tertiary/aromatic N) is 1. The minimum atomic E-state index is -0.537. The first-order valence-electron chi connectivity index (χ1n) is 6.93. The third kappa shape index (κ3) is 3.83. The van der Waals surface area contributed by atoms with Crippen LogP contribution in [0.2, 0.25) is 0 Å². The Kier molecular flexibility index (Phi) is 4.60. The molecule has 1 aliphatic heterocycles. The van der Waals surface area contributed by atoms with E-state index in [-0.39, 0.29) is 5.78 Å². The summed E-state index contributed by atoms with van der Waals surface area (Å²) in [7, 11) is 2.00. The molecule has 2 rings (SSSR count). The van der Waals surface area contributed by atoms with Crippen LogP contribution in [0.1, 0.15) is 12.5 Å². The second-order valence-electron chi connectivity index (χ2n) is 5.29. The van der Waals surface area contributed by atoms with Crippen molar-refractivity contribution < 1.29 is 4.79 Å². The van der Waals surface area contributed by atoms with Gasteiger partial charge in [-0.3, -0.25) is 4.79 Å². The van der Waals surface area contributed by atoms with E-state index in [1.54, 1.807) is 19.1 Å². The van der Waals surface area contributed by atoms with Gasteiger partial charge in [-0.2, -0.15) is 0 Å². The molecule has 1 atom stereocenters. The molecule has 0 amide bonds. The number of hydrogen-bond acceptors (Lipinski definition) is 4. The van der Waals surface area contributed by atoms with Crippen LogP contribution in [0.25, 0.3) is 5.57 Å². The normalized spacial score (nSPS) is 16.6. The number of benzene rings is 1. The van der Waals surface area contributed by atoms with Gasteiger partial charge in [0.25, 0.3) is 0 Å². The highest BCUT2D eigenvalue weighted by Crippen LogP contribution is 2.21. The molecule has 1 aliphatic rings. The number of Topliss-reactive ketones (excluding diaryl/α,β-unsaturated/α-hetero) is 1. The Bertz CT molecular complexity index is 609. The van der Waals surface area contributed by atoms with Gasteiger partial charge in [-0.05, 0) is 48.5 Å². The van der Waals surface area contributed by atoms with Crippen molar-refractivity contribution in [2.24, 2.45) is 5.73 Å². The summed E-state index contributed by atoms with van der Waals surface area (Å²) in [6, 6.07) is 6.73. The number of allylic oxidation sites excluding steroid dienone is 3. The van der Waals surface area contributed by atoms with Crippen molar-refractivity contribution in [3.63, 3.8) is 0 Å². The molecule has 1 heterocycles. The molecule has 4 nitrogen and oxygen atoms in total. The fourth-order valence-corrected chi connectivity index (χ4v) is 2.07. The summed E-state index contributed by atoms with van der Waals surface area (Å²) in [5, 5.41) is 0. The van der Waals surface area contributed by atoms with Gasteiger partial charge in [-0.1, -0.05) is 18.2 Å². The zero-order valence-corrected chi connectivity index (χ0v) is 12.4. The van der Waals surface area contributed by atoms with E-state index in [9.17, 15) is 4.79 Å². The number of hydrogen-bond donors (Lipinski definition) is 2. The summed E-state index contributed by atoms with van der Waals surface area (Å²) in [6.07, 6.45) is 7.94. The Morgan fingerprint density at radius 3 is 2.52 bits per heavy atom. The van der Waals surface area contributed by atoms with Gasteiger partial charge in [0.05, 0.1) is 6.04 Å².